The molecule has 2 heterocycles. The topological polar surface area (TPSA) is 63.4 Å². The molecule has 1 aliphatic rings. The van der Waals surface area contributed by atoms with E-state index in [-0.39, 0.29) is 24.0 Å². The first-order valence-corrected chi connectivity index (χ1v) is 4.89. The lowest BCUT2D eigenvalue weighted by Gasteiger charge is -2.24. The van der Waals surface area contributed by atoms with Crippen molar-refractivity contribution < 1.29 is 14.0 Å². The molecule has 1 amide bonds. The van der Waals surface area contributed by atoms with Crippen LogP contribution in [0.5, 0.6) is 0 Å². The van der Waals surface area contributed by atoms with Crippen LogP contribution >= 0.6 is 0 Å². The molecule has 2 rings (SSSR count). The summed E-state index contributed by atoms with van der Waals surface area (Å²) in [4.78, 5) is 28.4. The number of rotatable bonds is 1. The fourth-order valence-corrected chi connectivity index (χ4v) is 1.66. The van der Waals surface area contributed by atoms with Crippen molar-refractivity contribution >= 4 is 11.7 Å². The van der Waals surface area contributed by atoms with E-state index in [1.54, 1.807) is 6.92 Å². The molecule has 0 spiro atoms. The Morgan fingerprint density at radius 2 is 2.40 bits per heavy atom. The van der Waals surface area contributed by atoms with Gasteiger partial charge in [-0.1, -0.05) is 0 Å². The summed E-state index contributed by atoms with van der Waals surface area (Å²) < 4.78 is 5.00. The zero-order valence-electron chi connectivity index (χ0n) is 8.52. The van der Waals surface area contributed by atoms with Crippen molar-refractivity contribution in [2.75, 3.05) is 13.1 Å². The Kier molecular flexibility index (Phi) is 2.53. The number of hydrogen-bond acceptors (Lipinski definition) is 4. The van der Waals surface area contributed by atoms with Crippen LogP contribution in [-0.4, -0.2) is 34.7 Å². The van der Waals surface area contributed by atoms with Crippen LogP contribution in [0.2, 0.25) is 0 Å². The number of Topliss-reactive ketones (excluding diaryl/α,β-unsaturated/α-hetero) is 1. The molecule has 80 valence electrons. The number of likely N-dealkylation sites (tertiary alicyclic amines) is 1. The molecule has 1 aliphatic heterocycles. The first-order valence-electron chi connectivity index (χ1n) is 4.89. The molecule has 0 aromatic carbocycles. The fraction of sp³-hybridized carbons (Fsp3) is 0.500. The third kappa shape index (κ3) is 1.91. The van der Waals surface area contributed by atoms with Crippen molar-refractivity contribution in [1.29, 1.82) is 0 Å². The van der Waals surface area contributed by atoms with Crippen LogP contribution in [-0.2, 0) is 4.79 Å². The van der Waals surface area contributed by atoms with E-state index in [0.29, 0.717) is 18.7 Å². The second-order valence-electron chi connectivity index (χ2n) is 3.64. The van der Waals surface area contributed by atoms with Gasteiger partial charge in [-0.3, -0.25) is 9.59 Å². The Morgan fingerprint density at radius 3 is 3.00 bits per heavy atom. The molecular formula is C10H12N2O3. The lowest BCUT2D eigenvalue weighted by atomic mass is 10.1. The van der Waals surface area contributed by atoms with E-state index < -0.39 is 0 Å². The minimum atomic E-state index is -0.238. The normalized spacial score (nSPS) is 16.9. The first-order chi connectivity index (χ1) is 7.18. The van der Waals surface area contributed by atoms with Gasteiger partial charge in [0.15, 0.2) is 12.2 Å². The van der Waals surface area contributed by atoms with Crippen LogP contribution < -0.4 is 0 Å². The summed E-state index contributed by atoms with van der Waals surface area (Å²) in [6.07, 6.45) is 2.55. The maximum absolute atomic E-state index is 11.9. The Morgan fingerprint density at radius 1 is 1.60 bits per heavy atom. The number of aromatic nitrogens is 1. The molecule has 0 bridgehead atoms. The van der Waals surface area contributed by atoms with Gasteiger partial charge in [0.1, 0.15) is 0 Å². The molecule has 0 N–H and O–H groups in total. The summed E-state index contributed by atoms with van der Waals surface area (Å²) in [7, 11) is 0. The third-order valence-electron chi connectivity index (χ3n) is 2.48. The van der Waals surface area contributed by atoms with Crippen LogP contribution in [0.3, 0.4) is 0 Å². The number of aryl methyl sites for hydroxylation is 1. The number of nitrogens with zero attached hydrogens (tertiary/aromatic N) is 2. The lowest BCUT2D eigenvalue weighted by molar-refractivity contribution is -0.121. The van der Waals surface area contributed by atoms with E-state index in [1.807, 2.05) is 0 Å². The lowest BCUT2D eigenvalue weighted by Crippen LogP contribution is -2.40. The summed E-state index contributed by atoms with van der Waals surface area (Å²) in [6, 6.07) is 0. The van der Waals surface area contributed by atoms with E-state index in [2.05, 4.69) is 4.98 Å². The number of carbonyl (C=O) groups is 2. The number of ketones is 1. The smallest absolute Gasteiger partial charge is 0.291 e. The van der Waals surface area contributed by atoms with Crippen molar-refractivity contribution in [3.05, 3.63) is 17.8 Å². The van der Waals surface area contributed by atoms with Crippen molar-refractivity contribution in [2.45, 2.75) is 19.8 Å². The van der Waals surface area contributed by atoms with Gasteiger partial charge >= 0.3 is 0 Å². The van der Waals surface area contributed by atoms with E-state index in [0.717, 1.165) is 6.42 Å². The summed E-state index contributed by atoms with van der Waals surface area (Å²) in [6.45, 7) is 2.52. The van der Waals surface area contributed by atoms with Crippen molar-refractivity contribution in [1.82, 2.24) is 9.88 Å². The largest absolute Gasteiger partial charge is 0.438 e. The standard InChI is InChI=1S/C10H12N2O3/c1-7-9(15-6-11-7)10(14)12-4-2-3-8(13)5-12/h6H,2-5H2,1H3. The van der Waals surface area contributed by atoms with Crippen molar-refractivity contribution in [2.24, 2.45) is 0 Å². The average Bonchev–Trinajstić information content (AvgIpc) is 2.63. The molecule has 15 heavy (non-hydrogen) atoms. The van der Waals surface area contributed by atoms with Gasteiger partial charge in [0.2, 0.25) is 5.76 Å². The molecule has 1 aromatic heterocycles. The SMILES string of the molecule is Cc1ncoc1C(=O)N1CCCC(=O)C1. The van der Waals surface area contributed by atoms with Gasteiger partial charge in [0, 0.05) is 13.0 Å². The molecule has 0 radical (unpaired) electrons. The number of piperidine rings is 1. The highest BCUT2D eigenvalue weighted by Crippen LogP contribution is 2.13. The van der Waals surface area contributed by atoms with Crippen LogP contribution in [0, 0.1) is 6.92 Å². The molecule has 0 atom stereocenters. The van der Waals surface area contributed by atoms with Crippen LogP contribution in [0.1, 0.15) is 29.1 Å². The van der Waals surface area contributed by atoms with Gasteiger partial charge in [0.05, 0.1) is 12.2 Å². The highest BCUT2D eigenvalue weighted by atomic mass is 16.3. The Balaban J connectivity index is 2.14. The summed E-state index contributed by atoms with van der Waals surface area (Å²) in [5.74, 6) is 0.106. The van der Waals surface area contributed by atoms with E-state index in [9.17, 15) is 9.59 Å². The van der Waals surface area contributed by atoms with E-state index in [1.165, 1.54) is 11.3 Å². The Labute approximate surface area is 87.1 Å². The number of amides is 1. The molecule has 0 saturated carbocycles. The summed E-state index contributed by atoms with van der Waals surface area (Å²) in [5.41, 5.74) is 0.568. The molecule has 5 heteroatoms. The quantitative estimate of drug-likeness (QED) is 0.684. The van der Waals surface area contributed by atoms with Gasteiger partial charge in [-0.05, 0) is 13.3 Å². The summed E-state index contributed by atoms with van der Waals surface area (Å²) in [5, 5.41) is 0. The number of oxazole rings is 1. The Bertz CT molecular complexity index is 397. The molecule has 1 aromatic rings. The number of carbonyl (C=O) groups excluding carboxylic acids is 2. The minimum absolute atomic E-state index is 0.103. The van der Waals surface area contributed by atoms with Gasteiger partial charge in [-0.15, -0.1) is 0 Å². The number of hydrogen-bond donors (Lipinski definition) is 0. The third-order valence-corrected chi connectivity index (χ3v) is 2.48. The highest BCUT2D eigenvalue weighted by Gasteiger charge is 2.25. The van der Waals surface area contributed by atoms with Gasteiger partial charge in [0.25, 0.3) is 5.91 Å². The highest BCUT2D eigenvalue weighted by molar-refractivity contribution is 5.95. The molecular weight excluding hydrogens is 196 g/mol. The monoisotopic (exact) mass is 208 g/mol. The average molecular weight is 208 g/mol. The molecule has 1 saturated heterocycles. The van der Waals surface area contributed by atoms with Crippen molar-refractivity contribution in [3.63, 3.8) is 0 Å². The van der Waals surface area contributed by atoms with Crippen LogP contribution in [0.15, 0.2) is 10.8 Å². The van der Waals surface area contributed by atoms with Gasteiger partial charge in [-0.25, -0.2) is 4.98 Å². The second-order valence-corrected chi connectivity index (χ2v) is 3.64. The molecule has 5 nitrogen and oxygen atoms in total. The van der Waals surface area contributed by atoms with Crippen molar-refractivity contribution in [3.8, 4) is 0 Å². The maximum Gasteiger partial charge on any atom is 0.291 e. The molecule has 0 unspecified atom stereocenters. The van der Waals surface area contributed by atoms with E-state index >= 15 is 0 Å². The van der Waals surface area contributed by atoms with Gasteiger partial charge < -0.3 is 9.32 Å². The maximum atomic E-state index is 11.9. The minimum Gasteiger partial charge on any atom is -0.438 e. The first kappa shape index (κ1) is 9.89. The fourth-order valence-electron chi connectivity index (χ4n) is 1.66. The van der Waals surface area contributed by atoms with Gasteiger partial charge in [-0.2, -0.15) is 0 Å². The predicted octanol–water partition coefficient (Wildman–Crippen LogP) is 0.788. The second kappa shape index (κ2) is 3.84. The Hall–Kier alpha value is -1.65. The predicted molar refractivity (Wildman–Crippen MR) is 51.4 cm³/mol. The summed E-state index contributed by atoms with van der Waals surface area (Å²) >= 11 is 0. The molecule has 0 aliphatic carbocycles. The van der Waals surface area contributed by atoms with Crippen LogP contribution in [0.4, 0.5) is 0 Å². The zero-order valence-corrected chi connectivity index (χ0v) is 8.52. The van der Waals surface area contributed by atoms with Crippen LogP contribution in [0.25, 0.3) is 0 Å². The zero-order chi connectivity index (χ0) is 10.8. The molecule has 1 fully saturated rings. The van der Waals surface area contributed by atoms with E-state index in [4.69, 9.17) is 4.42 Å².